The van der Waals surface area contributed by atoms with Crippen molar-refractivity contribution in [3.05, 3.63) is 94.5 Å². The number of rotatable bonds is 7. The summed E-state index contributed by atoms with van der Waals surface area (Å²) in [6.07, 6.45) is 0. The number of nitrogens with zero attached hydrogens (tertiary/aromatic N) is 1. The number of benzene rings is 3. The van der Waals surface area contributed by atoms with Gasteiger partial charge in [0.2, 0.25) is 0 Å². The summed E-state index contributed by atoms with van der Waals surface area (Å²) in [4.78, 5) is 25.3. The normalized spacial score (nSPS) is 10.1. The number of thioether (sulfide) groups is 1. The number of carbonyl (C=O) groups excluding carboxylic acids is 2. The van der Waals surface area contributed by atoms with Gasteiger partial charge in [-0.2, -0.15) is 5.26 Å². The Hall–Kier alpha value is -3.47. The Morgan fingerprint density at radius 2 is 1.58 bits per heavy atom. The Morgan fingerprint density at radius 1 is 0.903 bits per heavy atom. The minimum absolute atomic E-state index is 0.0208. The molecule has 3 N–H and O–H groups in total. The third kappa shape index (κ3) is 7.07. The van der Waals surface area contributed by atoms with Crippen LogP contribution in [0.3, 0.4) is 0 Å². The molecule has 0 fully saturated rings. The van der Waals surface area contributed by atoms with Crippen LogP contribution in [-0.4, -0.2) is 18.4 Å². The van der Waals surface area contributed by atoms with E-state index in [-0.39, 0.29) is 6.54 Å². The summed E-state index contributed by atoms with van der Waals surface area (Å²) in [6, 6.07) is 23.6. The van der Waals surface area contributed by atoms with Crippen molar-refractivity contribution < 1.29 is 9.59 Å². The maximum Gasteiger partial charge on any atom is 0.269 e. The smallest absolute Gasteiger partial charge is 0.269 e. The van der Waals surface area contributed by atoms with Gasteiger partial charge in [0.25, 0.3) is 11.8 Å². The SMILES string of the molecule is N#Cc1ccc(NCC(=O)NNC(=O)c2ccc(CSc3ccc(Cl)cc3)cc2)cc1. The second-order valence-electron chi connectivity index (χ2n) is 6.48. The van der Waals surface area contributed by atoms with Crippen LogP contribution in [0, 0.1) is 11.3 Å². The third-order valence-corrected chi connectivity index (χ3v) is 5.55. The van der Waals surface area contributed by atoms with Crippen LogP contribution in [0.15, 0.2) is 77.7 Å². The van der Waals surface area contributed by atoms with E-state index in [4.69, 9.17) is 16.9 Å². The van der Waals surface area contributed by atoms with Gasteiger partial charge in [-0.15, -0.1) is 11.8 Å². The second-order valence-corrected chi connectivity index (χ2v) is 7.97. The van der Waals surface area contributed by atoms with E-state index in [1.165, 1.54) is 0 Å². The molecule has 0 aliphatic rings. The zero-order valence-corrected chi connectivity index (χ0v) is 18.0. The van der Waals surface area contributed by atoms with E-state index in [1.807, 2.05) is 42.5 Å². The Morgan fingerprint density at radius 3 is 2.23 bits per heavy atom. The molecule has 156 valence electrons. The minimum atomic E-state index is -0.399. The van der Waals surface area contributed by atoms with E-state index in [9.17, 15) is 9.59 Å². The summed E-state index contributed by atoms with van der Waals surface area (Å²) >= 11 is 7.57. The number of amides is 2. The quantitative estimate of drug-likeness (QED) is 0.367. The van der Waals surface area contributed by atoms with Crippen molar-refractivity contribution in [1.82, 2.24) is 10.9 Å². The van der Waals surface area contributed by atoms with Gasteiger partial charge in [-0.1, -0.05) is 23.7 Å². The van der Waals surface area contributed by atoms with Crippen LogP contribution in [-0.2, 0) is 10.5 Å². The van der Waals surface area contributed by atoms with Crippen molar-refractivity contribution >= 4 is 40.9 Å². The molecule has 0 radical (unpaired) electrons. The first kappa shape index (κ1) is 22.2. The number of halogens is 1. The third-order valence-electron chi connectivity index (χ3n) is 4.22. The zero-order valence-electron chi connectivity index (χ0n) is 16.4. The molecule has 3 rings (SSSR count). The molecule has 2 amide bonds. The van der Waals surface area contributed by atoms with Gasteiger partial charge < -0.3 is 5.32 Å². The van der Waals surface area contributed by atoms with Crippen LogP contribution in [0.5, 0.6) is 0 Å². The topological polar surface area (TPSA) is 94.0 Å². The standard InChI is InChI=1S/C23H19ClN4O2S/c24-19-7-11-21(12-8-19)31-15-17-1-5-18(6-2-17)23(30)28-27-22(29)14-26-20-9-3-16(13-25)4-10-20/h1-12,26H,14-15H2,(H,27,29)(H,28,30). The Balaban J connectivity index is 1.41. The predicted octanol–water partition coefficient (Wildman–Crippen LogP) is 4.38. The lowest BCUT2D eigenvalue weighted by Crippen LogP contribution is -2.44. The molecule has 3 aromatic carbocycles. The highest BCUT2D eigenvalue weighted by Gasteiger charge is 2.08. The molecule has 0 saturated heterocycles. The van der Waals surface area contributed by atoms with Crippen molar-refractivity contribution in [3.8, 4) is 6.07 Å². The predicted molar refractivity (Wildman–Crippen MR) is 123 cm³/mol. The van der Waals surface area contributed by atoms with Crippen LogP contribution in [0.25, 0.3) is 0 Å². The van der Waals surface area contributed by atoms with E-state index in [0.29, 0.717) is 21.8 Å². The summed E-state index contributed by atoms with van der Waals surface area (Å²) in [6.45, 7) is -0.0208. The summed E-state index contributed by atoms with van der Waals surface area (Å²) in [5, 5.41) is 12.4. The van der Waals surface area contributed by atoms with Gasteiger partial charge in [0.05, 0.1) is 18.2 Å². The molecule has 0 atom stereocenters. The molecule has 0 spiro atoms. The molecule has 0 saturated carbocycles. The van der Waals surface area contributed by atoms with Crippen molar-refractivity contribution in [2.45, 2.75) is 10.6 Å². The van der Waals surface area contributed by atoms with E-state index in [1.54, 1.807) is 48.2 Å². The summed E-state index contributed by atoms with van der Waals surface area (Å²) in [5.74, 6) is -0.0290. The van der Waals surface area contributed by atoms with Crippen LogP contribution < -0.4 is 16.2 Å². The molecular formula is C23H19ClN4O2S. The lowest BCUT2D eigenvalue weighted by atomic mass is 10.1. The fraction of sp³-hybridized carbons (Fsp3) is 0.0870. The number of anilines is 1. The minimum Gasteiger partial charge on any atom is -0.376 e. The molecule has 0 aliphatic heterocycles. The van der Waals surface area contributed by atoms with Crippen molar-refractivity contribution in [2.24, 2.45) is 0 Å². The molecule has 0 aliphatic carbocycles. The first-order valence-electron chi connectivity index (χ1n) is 9.34. The highest BCUT2D eigenvalue weighted by Crippen LogP contribution is 2.24. The first-order valence-corrected chi connectivity index (χ1v) is 10.7. The van der Waals surface area contributed by atoms with Gasteiger partial charge in [-0.05, 0) is 66.2 Å². The summed E-state index contributed by atoms with van der Waals surface area (Å²) in [5.41, 5.74) is 7.53. The van der Waals surface area contributed by atoms with Gasteiger partial charge in [0.1, 0.15) is 0 Å². The Labute approximate surface area is 189 Å². The van der Waals surface area contributed by atoms with Gasteiger partial charge in [-0.3, -0.25) is 20.4 Å². The molecule has 3 aromatic rings. The second kappa shape index (κ2) is 11.1. The number of hydrogen-bond acceptors (Lipinski definition) is 5. The number of nitrogens with one attached hydrogen (secondary N) is 3. The van der Waals surface area contributed by atoms with Crippen molar-refractivity contribution in [2.75, 3.05) is 11.9 Å². The molecule has 6 nitrogen and oxygen atoms in total. The van der Waals surface area contributed by atoms with Crippen LogP contribution in [0.2, 0.25) is 5.02 Å². The lowest BCUT2D eigenvalue weighted by molar-refractivity contribution is -0.120. The van der Waals surface area contributed by atoms with Gasteiger partial charge in [0.15, 0.2) is 0 Å². The maximum atomic E-state index is 12.2. The first-order chi connectivity index (χ1) is 15.0. The summed E-state index contributed by atoms with van der Waals surface area (Å²) < 4.78 is 0. The van der Waals surface area contributed by atoms with E-state index >= 15 is 0 Å². The van der Waals surface area contributed by atoms with E-state index < -0.39 is 11.8 Å². The van der Waals surface area contributed by atoms with Crippen LogP contribution in [0.4, 0.5) is 5.69 Å². The lowest BCUT2D eigenvalue weighted by Gasteiger charge is -2.09. The highest BCUT2D eigenvalue weighted by molar-refractivity contribution is 7.98. The molecule has 31 heavy (non-hydrogen) atoms. The highest BCUT2D eigenvalue weighted by atomic mass is 35.5. The van der Waals surface area contributed by atoms with Gasteiger partial charge in [0, 0.05) is 26.9 Å². The van der Waals surface area contributed by atoms with Crippen LogP contribution in [0.1, 0.15) is 21.5 Å². The van der Waals surface area contributed by atoms with E-state index in [2.05, 4.69) is 16.2 Å². The van der Waals surface area contributed by atoms with Crippen LogP contribution >= 0.6 is 23.4 Å². The van der Waals surface area contributed by atoms with Crippen molar-refractivity contribution in [3.63, 3.8) is 0 Å². The molecule has 8 heteroatoms. The molecule has 0 bridgehead atoms. The maximum absolute atomic E-state index is 12.2. The Kier molecular flexibility index (Phi) is 7.93. The van der Waals surface area contributed by atoms with Crippen molar-refractivity contribution in [1.29, 1.82) is 5.26 Å². The Bertz CT molecular complexity index is 1080. The molecule has 0 aromatic heterocycles. The molecule has 0 heterocycles. The average Bonchev–Trinajstić information content (AvgIpc) is 2.81. The van der Waals surface area contributed by atoms with Gasteiger partial charge >= 0.3 is 0 Å². The molecule has 0 unspecified atom stereocenters. The number of hydrazine groups is 1. The molecular weight excluding hydrogens is 432 g/mol. The largest absolute Gasteiger partial charge is 0.376 e. The fourth-order valence-corrected chi connectivity index (χ4v) is 3.52. The average molecular weight is 451 g/mol. The monoisotopic (exact) mass is 450 g/mol. The number of hydrogen-bond donors (Lipinski definition) is 3. The summed E-state index contributed by atoms with van der Waals surface area (Å²) in [7, 11) is 0. The number of nitriles is 1. The van der Waals surface area contributed by atoms with E-state index in [0.717, 1.165) is 16.2 Å². The fourth-order valence-electron chi connectivity index (χ4n) is 2.54. The zero-order chi connectivity index (χ0) is 22.1. The van der Waals surface area contributed by atoms with Gasteiger partial charge in [-0.25, -0.2) is 0 Å². The number of carbonyl (C=O) groups is 2.